The summed E-state index contributed by atoms with van der Waals surface area (Å²) in [4.78, 5) is 17.2. The number of Topliss-reactive ketones (excluding diaryl/α,β-unsaturated/α-hetero) is 1. The number of sulfonamides is 1. The minimum atomic E-state index is -4.44. The standard InChI is InChI=1S/C34H35F3N2O3S/c1-22(2)16-32(23(3)40)29-18-27(24-9-11-30(12-10-24)34(35,36)37)17-28(19-29)26-7-5-15-39(21-26)43(41,42)33-8-4-6-25-20-38-14-13-31(25)33/h4,6,8-14,17-20,22,26,32H,5,7,15-16,21H2,1-3H3. The molecule has 226 valence electrons. The Balaban J connectivity index is 1.55. The van der Waals surface area contributed by atoms with Gasteiger partial charge in [-0.15, -0.1) is 0 Å². The molecule has 4 aromatic rings. The molecule has 0 aliphatic carbocycles. The molecule has 0 bridgehead atoms. The van der Waals surface area contributed by atoms with E-state index in [9.17, 15) is 26.4 Å². The number of ketones is 1. The van der Waals surface area contributed by atoms with Crippen LogP contribution < -0.4 is 0 Å². The van der Waals surface area contributed by atoms with Gasteiger partial charge in [0.25, 0.3) is 0 Å². The van der Waals surface area contributed by atoms with Gasteiger partial charge in [-0.25, -0.2) is 8.42 Å². The fourth-order valence-corrected chi connectivity index (χ4v) is 7.77. The summed E-state index contributed by atoms with van der Waals surface area (Å²) < 4.78 is 69.2. The van der Waals surface area contributed by atoms with E-state index in [0.29, 0.717) is 35.9 Å². The quantitative estimate of drug-likeness (QED) is 0.202. The third-order valence-electron chi connectivity index (χ3n) is 8.24. The number of aromatic nitrogens is 1. The molecule has 0 spiro atoms. The number of alkyl halides is 3. The molecule has 1 aliphatic heterocycles. The van der Waals surface area contributed by atoms with Crippen molar-refractivity contribution in [3.8, 4) is 11.1 Å². The number of fused-ring (bicyclic) bond motifs is 1. The van der Waals surface area contributed by atoms with Crippen molar-refractivity contribution in [1.82, 2.24) is 9.29 Å². The SMILES string of the molecule is CC(=O)C(CC(C)C)c1cc(-c2ccc(C(F)(F)F)cc2)cc(C2CCCN(S(=O)(=O)c3cccc4cnccc34)C2)c1. The number of hydrogen-bond donors (Lipinski definition) is 0. The Morgan fingerprint density at radius 3 is 2.44 bits per heavy atom. The molecule has 0 saturated carbocycles. The van der Waals surface area contributed by atoms with E-state index in [4.69, 9.17) is 0 Å². The Morgan fingerprint density at radius 1 is 1.02 bits per heavy atom. The summed E-state index contributed by atoms with van der Waals surface area (Å²) in [5.74, 6) is -0.262. The molecule has 0 amide bonds. The molecule has 1 saturated heterocycles. The first kappa shape index (κ1) is 30.9. The predicted molar refractivity (Wildman–Crippen MR) is 162 cm³/mol. The minimum absolute atomic E-state index is 0.0162. The highest BCUT2D eigenvalue weighted by atomic mass is 32.2. The van der Waals surface area contributed by atoms with Crippen LogP contribution >= 0.6 is 0 Å². The number of carbonyl (C=O) groups is 1. The van der Waals surface area contributed by atoms with Crippen LogP contribution in [-0.2, 0) is 21.0 Å². The lowest BCUT2D eigenvalue weighted by atomic mass is 9.82. The fourth-order valence-electron chi connectivity index (χ4n) is 6.03. The van der Waals surface area contributed by atoms with E-state index < -0.39 is 21.8 Å². The number of pyridine rings is 1. The average molecular weight is 609 g/mol. The first-order chi connectivity index (χ1) is 20.3. The predicted octanol–water partition coefficient (Wildman–Crippen LogP) is 8.21. The van der Waals surface area contributed by atoms with Crippen LogP contribution in [0.25, 0.3) is 21.9 Å². The van der Waals surface area contributed by atoms with Gasteiger partial charge in [-0.3, -0.25) is 9.78 Å². The number of halogens is 3. The maximum Gasteiger partial charge on any atom is 0.416 e. The molecule has 9 heteroatoms. The van der Waals surface area contributed by atoms with E-state index in [-0.39, 0.29) is 35.0 Å². The van der Waals surface area contributed by atoms with Crippen LogP contribution in [0.4, 0.5) is 13.2 Å². The Morgan fingerprint density at radius 2 is 1.77 bits per heavy atom. The first-order valence-corrected chi connectivity index (χ1v) is 15.9. The molecule has 2 heterocycles. The van der Waals surface area contributed by atoms with Gasteiger partial charge in [0.05, 0.1) is 10.5 Å². The van der Waals surface area contributed by atoms with Gasteiger partial charge < -0.3 is 0 Å². The smallest absolute Gasteiger partial charge is 0.299 e. The minimum Gasteiger partial charge on any atom is -0.299 e. The van der Waals surface area contributed by atoms with Crippen molar-refractivity contribution in [2.24, 2.45) is 5.92 Å². The van der Waals surface area contributed by atoms with E-state index in [1.807, 2.05) is 38.1 Å². The molecule has 1 aliphatic rings. The molecule has 43 heavy (non-hydrogen) atoms. The Kier molecular flexibility index (Phi) is 8.77. The van der Waals surface area contributed by atoms with Crippen molar-refractivity contribution < 1.29 is 26.4 Å². The molecule has 5 nitrogen and oxygen atoms in total. The highest BCUT2D eigenvalue weighted by molar-refractivity contribution is 7.89. The van der Waals surface area contributed by atoms with Gasteiger partial charge in [-0.05, 0) is 84.5 Å². The number of piperidine rings is 1. The van der Waals surface area contributed by atoms with E-state index in [1.165, 1.54) is 16.4 Å². The van der Waals surface area contributed by atoms with Crippen molar-refractivity contribution in [1.29, 1.82) is 0 Å². The van der Waals surface area contributed by atoms with Crippen molar-refractivity contribution in [3.05, 3.63) is 95.8 Å². The average Bonchev–Trinajstić information content (AvgIpc) is 2.99. The first-order valence-electron chi connectivity index (χ1n) is 14.5. The van der Waals surface area contributed by atoms with Crippen LogP contribution in [-0.4, -0.2) is 36.6 Å². The van der Waals surface area contributed by atoms with Gasteiger partial charge in [0, 0.05) is 42.2 Å². The molecule has 3 aromatic carbocycles. The topological polar surface area (TPSA) is 67.3 Å². The summed E-state index contributed by atoms with van der Waals surface area (Å²) in [5.41, 5.74) is 2.26. The van der Waals surface area contributed by atoms with Crippen LogP contribution in [0.1, 0.15) is 68.6 Å². The normalized spacial score (nSPS) is 17.3. The van der Waals surface area contributed by atoms with Gasteiger partial charge in [0.1, 0.15) is 5.78 Å². The van der Waals surface area contributed by atoms with Gasteiger partial charge >= 0.3 is 6.18 Å². The maximum absolute atomic E-state index is 13.9. The molecule has 2 atom stereocenters. The van der Waals surface area contributed by atoms with E-state index >= 15 is 0 Å². The largest absolute Gasteiger partial charge is 0.416 e. The summed E-state index contributed by atoms with van der Waals surface area (Å²) in [5, 5.41) is 1.36. The number of carbonyl (C=O) groups excluding carboxylic acids is 1. The fraction of sp³-hybridized carbons (Fsp3) is 0.353. The highest BCUT2D eigenvalue weighted by Crippen LogP contribution is 2.38. The molecular formula is C34H35F3N2O3S. The van der Waals surface area contributed by atoms with Crippen molar-refractivity contribution in [2.45, 2.75) is 62.9 Å². The van der Waals surface area contributed by atoms with Gasteiger partial charge in [0.15, 0.2) is 0 Å². The zero-order chi connectivity index (χ0) is 30.9. The zero-order valence-corrected chi connectivity index (χ0v) is 25.3. The third-order valence-corrected chi connectivity index (χ3v) is 10.2. The monoisotopic (exact) mass is 608 g/mol. The second-order valence-electron chi connectivity index (χ2n) is 11.8. The van der Waals surface area contributed by atoms with Gasteiger partial charge in [0.2, 0.25) is 10.0 Å². The third kappa shape index (κ3) is 6.68. The van der Waals surface area contributed by atoms with Crippen LogP contribution in [0.15, 0.2) is 84.0 Å². The highest BCUT2D eigenvalue weighted by Gasteiger charge is 2.33. The summed E-state index contributed by atoms with van der Waals surface area (Å²) in [6.45, 7) is 6.30. The summed E-state index contributed by atoms with van der Waals surface area (Å²) in [7, 11) is -3.82. The van der Waals surface area contributed by atoms with E-state index in [0.717, 1.165) is 35.1 Å². The second kappa shape index (κ2) is 12.2. The molecular weight excluding hydrogens is 573 g/mol. The number of rotatable bonds is 8. The Hall–Kier alpha value is -3.56. The molecule has 5 rings (SSSR count). The van der Waals surface area contributed by atoms with Crippen LogP contribution in [0.2, 0.25) is 0 Å². The van der Waals surface area contributed by atoms with E-state index in [2.05, 4.69) is 4.98 Å². The van der Waals surface area contributed by atoms with Gasteiger partial charge in [-0.2, -0.15) is 17.5 Å². The lowest BCUT2D eigenvalue weighted by molar-refractivity contribution is -0.137. The zero-order valence-electron chi connectivity index (χ0n) is 24.4. The Bertz CT molecular complexity index is 1730. The molecule has 0 N–H and O–H groups in total. The lowest BCUT2D eigenvalue weighted by Crippen LogP contribution is -2.39. The van der Waals surface area contributed by atoms with Crippen LogP contribution in [0.3, 0.4) is 0 Å². The molecule has 1 aromatic heterocycles. The molecule has 2 unspecified atom stereocenters. The molecule has 1 fully saturated rings. The summed E-state index contributed by atoms with van der Waals surface area (Å²) in [6.07, 6.45) is 0.808. The second-order valence-corrected chi connectivity index (χ2v) is 13.7. The lowest BCUT2D eigenvalue weighted by Gasteiger charge is -2.33. The van der Waals surface area contributed by atoms with Crippen molar-refractivity contribution >= 4 is 26.6 Å². The molecule has 0 radical (unpaired) electrons. The number of nitrogens with zero attached hydrogens (tertiary/aromatic N) is 2. The van der Waals surface area contributed by atoms with Crippen molar-refractivity contribution in [3.63, 3.8) is 0 Å². The summed E-state index contributed by atoms with van der Waals surface area (Å²) in [6, 6.07) is 17.7. The van der Waals surface area contributed by atoms with E-state index in [1.54, 1.807) is 37.5 Å². The summed E-state index contributed by atoms with van der Waals surface area (Å²) >= 11 is 0. The van der Waals surface area contributed by atoms with Gasteiger partial charge in [-0.1, -0.05) is 56.3 Å². The number of benzene rings is 3. The van der Waals surface area contributed by atoms with Crippen LogP contribution in [0, 0.1) is 5.92 Å². The van der Waals surface area contributed by atoms with Crippen LogP contribution in [0.5, 0.6) is 0 Å². The van der Waals surface area contributed by atoms with Crippen molar-refractivity contribution in [2.75, 3.05) is 13.1 Å². The number of hydrogen-bond acceptors (Lipinski definition) is 4. The Labute approximate surface area is 250 Å². The maximum atomic E-state index is 13.9.